The summed E-state index contributed by atoms with van der Waals surface area (Å²) in [5.74, 6) is -0.525. The first-order chi connectivity index (χ1) is 6.77. The third-order valence-electron chi connectivity index (χ3n) is 1.83. The number of oxime groups is 1. The molecule has 0 aromatic heterocycles. The molecular weight excluding hydrogens is 182 g/mol. The molecule has 2 rings (SSSR count). The number of allylic oxidation sites excluding steroid dienone is 1. The van der Waals surface area contributed by atoms with Gasteiger partial charge >= 0.3 is 5.97 Å². The Hall–Kier alpha value is -2.10. The van der Waals surface area contributed by atoms with E-state index in [0.717, 1.165) is 5.56 Å². The normalized spacial score (nSPS) is 12.9. The number of hydrogen-bond donors (Lipinski definition) is 1. The Kier molecular flexibility index (Phi) is 2.02. The van der Waals surface area contributed by atoms with Gasteiger partial charge in [-0.2, -0.15) is 0 Å². The summed E-state index contributed by atoms with van der Waals surface area (Å²) in [6.45, 7) is 0. The van der Waals surface area contributed by atoms with Crippen LogP contribution < -0.4 is 4.84 Å². The fourth-order valence-corrected chi connectivity index (χ4v) is 1.15. The van der Waals surface area contributed by atoms with Crippen LogP contribution >= 0.6 is 0 Å². The van der Waals surface area contributed by atoms with Crippen molar-refractivity contribution in [3.8, 4) is 5.75 Å². The standard InChI is InChI=1S/C10H7NO3/c12-10(13)8-4-3-7-2-1-5-11-14-9(7)6-8/h1-6H,(H,12,13). The van der Waals surface area contributed by atoms with Gasteiger partial charge in [0, 0.05) is 5.56 Å². The molecule has 0 bridgehead atoms. The van der Waals surface area contributed by atoms with Crippen LogP contribution in [-0.4, -0.2) is 17.3 Å². The molecule has 4 heteroatoms. The Morgan fingerprint density at radius 1 is 1.43 bits per heavy atom. The van der Waals surface area contributed by atoms with Crippen LogP contribution in [0.3, 0.4) is 0 Å². The summed E-state index contributed by atoms with van der Waals surface area (Å²) in [4.78, 5) is 15.6. The topological polar surface area (TPSA) is 58.9 Å². The van der Waals surface area contributed by atoms with Crippen molar-refractivity contribution < 1.29 is 14.7 Å². The van der Waals surface area contributed by atoms with Crippen LogP contribution in [-0.2, 0) is 0 Å². The van der Waals surface area contributed by atoms with Gasteiger partial charge in [-0.05, 0) is 24.3 Å². The first-order valence-corrected chi connectivity index (χ1v) is 4.02. The van der Waals surface area contributed by atoms with Crippen molar-refractivity contribution in [2.75, 3.05) is 0 Å². The highest BCUT2D eigenvalue weighted by Crippen LogP contribution is 2.23. The van der Waals surface area contributed by atoms with E-state index >= 15 is 0 Å². The molecule has 0 spiro atoms. The van der Waals surface area contributed by atoms with Crippen LogP contribution in [0.4, 0.5) is 0 Å². The number of fused-ring (bicyclic) bond motifs is 1. The van der Waals surface area contributed by atoms with Crippen molar-refractivity contribution in [3.05, 3.63) is 35.4 Å². The maximum atomic E-state index is 10.7. The summed E-state index contributed by atoms with van der Waals surface area (Å²) in [5, 5.41) is 12.4. The number of aromatic carboxylic acids is 1. The lowest BCUT2D eigenvalue weighted by molar-refractivity contribution is 0.0696. The molecule has 0 atom stereocenters. The predicted octanol–water partition coefficient (Wildman–Crippen LogP) is 1.78. The first kappa shape index (κ1) is 8.50. The molecule has 1 N–H and O–H groups in total. The van der Waals surface area contributed by atoms with E-state index in [0.29, 0.717) is 5.75 Å². The number of rotatable bonds is 1. The molecule has 14 heavy (non-hydrogen) atoms. The van der Waals surface area contributed by atoms with Gasteiger partial charge in [0.15, 0.2) is 5.75 Å². The van der Waals surface area contributed by atoms with E-state index in [4.69, 9.17) is 9.94 Å². The molecule has 0 aliphatic carbocycles. The number of benzene rings is 1. The van der Waals surface area contributed by atoms with Crippen LogP contribution in [0.5, 0.6) is 5.75 Å². The summed E-state index contributed by atoms with van der Waals surface area (Å²) in [6.07, 6.45) is 5.03. The second kappa shape index (κ2) is 3.33. The van der Waals surface area contributed by atoms with Crippen molar-refractivity contribution in [1.82, 2.24) is 0 Å². The minimum Gasteiger partial charge on any atom is -0.478 e. The van der Waals surface area contributed by atoms with Gasteiger partial charge in [0.25, 0.3) is 0 Å². The van der Waals surface area contributed by atoms with Crippen LogP contribution in [0, 0.1) is 0 Å². The molecular formula is C10H7NO3. The lowest BCUT2D eigenvalue weighted by Crippen LogP contribution is -1.97. The van der Waals surface area contributed by atoms with Gasteiger partial charge in [-0.1, -0.05) is 11.2 Å². The highest BCUT2D eigenvalue weighted by atomic mass is 16.6. The SMILES string of the molecule is O=C(O)c1ccc2c(c1)ON=CC=C2. The van der Waals surface area contributed by atoms with Crippen LogP contribution in [0.2, 0.25) is 0 Å². The molecule has 4 nitrogen and oxygen atoms in total. The zero-order valence-corrected chi connectivity index (χ0v) is 7.18. The minimum absolute atomic E-state index is 0.189. The maximum absolute atomic E-state index is 10.7. The van der Waals surface area contributed by atoms with Crippen molar-refractivity contribution in [2.45, 2.75) is 0 Å². The zero-order chi connectivity index (χ0) is 9.97. The van der Waals surface area contributed by atoms with Crippen LogP contribution in [0.15, 0.2) is 29.4 Å². The van der Waals surface area contributed by atoms with E-state index in [2.05, 4.69) is 5.16 Å². The largest absolute Gasteiger partial charge is 0.478 e. The molecule has 0 unspecified atom stereocenters. The molecule has 0 fully saturated rings. The van der Waals surface area contributed by atoms with E-state index in [9.17, 15) is 4.79 Å². The Morgan fingerprint density at radius 3 is 3.07 bits per heavy atom. The molecule has 0 saturated carbocycles. The van der Waals surface area contributed by atoms with Crippen molar-refractivity contribution in [2.24, 2.45) is 5.16 Å². The highest BCUT2D eigenvalue weighted by molar-refractivity contribution is 5.89. The molecule has 0 radical (unpaired) electrons. The first-order valence-electron chi connectivity index (χ1n) is 4.02. The van der Waals surface area contributed by atoms with Gasteiger partial charge in [0.1, 0.15) is 0 Å². The van der Waals surface area contributed by atoms with Gasteiger partial charge in [-0.25, -0.2) is 4.79 Å². The second-order valence-electron chi connectivity index (χ2n) is 2.76. The molecule has 1 heterocycles. The number of carboxylic acids is 1. The van der Waals surface area contributed by atoms with Crippen LogP contribution in [0.1, 0.15) is 15.9 Å². The summed E-state index contributed by atoms with van der Waals surface area (Å²) in [5.41, 5.74) is 1.00. The fourth-order valence-electron chi connectivity index (χ4n) is 1.15. The Labute approximate surface area is 80.1 Å². The number of nitrogens with zero attached hydrogens (tertiary/aromatic N) is 1. The summed E-state index contributed by atoms with van der Waals surface area (Å²) in [6, 6.07) is 4.66. The fraction of sp³-hybridized carbons (Fsp3) is 0. The minimum atomic E-state index is -0.978. The van der Waals surface area contributed by atoms with E-state index in [1.54, 1.807) is 18.2 Å². The average Bonchev–Trinajstić information content (AvgIpc) is 2.41. The molecule has 1 aromatic carbocycles. The molecule has 70 valence electrons. The Morgan fingerprint density at radius 2 is 2.29 bits per heavy atom. The molecule has 1 aliphatic rings. The van der Waals surface area contributed by atoms with Crippen molar-refractivity contribution in [1.29, 1.82) is 0 Å². The van der Waals surface area contributed by atoms with E-state index in [1.807, 2.05) is 0 Å². The Balaban J connectivity index is 2.49. The number of hydrogen-bond acceptors (Lipinski definition) is 3. The van der Waals surface area contributed by atoms with Gasteiger partial charge in [-0.15, -0.1) is 0 Å². The smallest absolute Gasteiger partial charge is 0.335 e. The van der Waals surface area contributed by atoms with Crippen LogP contribution in [0.25, 0.3) is 6.08 Å². The summed E-state index contributed by atoms with van der Waals surface area (Å²) >= 11 is 0. The number of carboxylic acid groups (broad SMARTS) is 1. The third-order valence-corrected chi connectivity index (χ3v) is 1.83. The quantitative estimate of drug-likeness (QED) is 0.732. The summed E-state index contributed by atoms with van der Waals surface area (Å²) < 4.78 is 0. The Bertz CT molecular complexity index is 435. The monoisotopic (exact) mass is 189 g/mol. The number of carbonyl (C=O) groups is 1. The third kappa shape index (κ3) is 1.50. The average molecular weight is 189 g/mol. The van der Waals surface area contributed by atoms with Crippen molar-refractivity contribution >= 4 is 18.3 Å². The lowest BCUT2D eigenvalue weighted by Gasteiger charge is -2.02. The maximum Gasteiger partial charge on any atom is 0.335 e. The summed E-state index contributed by atoms with van der Waals surface area (Å²) in [7, 11) is 0. The van der Waals surface area contributed by atoms with Gasteiger partial charge in [-0.3, -0.25) is 0 Å². The van der Waals surface area contributed by atoms with E-state index < -0.39 is 5.97 Å². The lowest BCUT2D eigenvalue weighted by atomic mass is 10.1. The molecule has 1 aromatic rings. The highest BCUT2D eigenvalue weighted by Gasteiger charge is 2.08. The zero-order valence-electron chi connectivity index (χ0n) is 7.18. The van der Waals surface area contributed by atoms with Gasteiger partial charge < -0.3 is 9.94 Å². The van der Waals surface area contributed by atoms with E-state index in [1.165, 1.54) is 18.3 Å². The van der Waals surface area contributed by atoms with Gasteiger partial charge in [0.05, 0.1) is 11.8 Å². The molecule has 1 aliphatic heterocycles. The second-order valence-corrected chi connectivity index (χ2v) is 2.76. The molecule has 0 saturated heterocycles. The van der Waals surface area contributed by atoms with E-state index in [-0.39, 0.29) is 5.56 Å². The van der Waals surface area contributed by atoms with Gasteiger partial charge in [0.2, 0.25) is 0 Å². The predicted molar refractivity (Wildman–Crippen MR) is 51.6 cm³/mol. The molecule has 0 amide bonds. The van der Waals surface area contributed by atoms with Crippen molar-refractivity contribution in [3.63, 3.8) is 0 Å².